The molecular weight excluding hydrogens is 160 g/mol. The maximum absolute atomic E-state index is 3.31. The second-order valence-corrected chi connectivity index (χ2v) is 3.64. The summed E-state index contributed by atoms with van der Waals surface area (Å²) in [6.07, 6.45) is 10.1. The van der Waals surface area contributed by atoms with E-state index in [9.17, 15) is 0 Å². The van der Waals surface area contributed by atoms with Crippen molar-refractivity contribution in [2.24, 2.45) is 0 Å². The van der Waals surface area contributed by atoms with E-state index in [1.807, 2.05) is 7.05 Å². The van der Waals surface area contributed by atoms with E-state index >= 15 is 0 Å². The van der Waals surface area contributed by atoms with Gasteiger partial charge in [-0.1, -0.05) is 6.08 Å². The quantitative estimate of drug-likeness (QED) is 0.692. The predicted molar refractivity (Wildman–Crippen MR) is 54.9 cm³/mol. The van der Waals surface area contributed by atoms with Gasteiger partial charge in [-0.15, -0.1) is 0 Å². The molecule has 1 aliphatic heterocycles. The molecule has 1 N–H and O–H groups in total. The normalized spacial score (nSPS) is 20.0. The van der Waals surface area contributed by atoms with E-state index in [1.54, 1.807) is 5.57 Å². The monoisotopic (exact) mass is 176 g/mol. The van der Waals surface area contributed by atoms with Gasteiger partial charge in [-0.3, -0.25) is 0 Å². The molecule has 2 nitrogen and oxygen atoms in total. The molecule has 2 heteroatoms. The molecule has 0 aromatic heterocycles. The second kappa shape index (κ2) is 3.29. The molecule has 0 radical (unpaired) electrons. The first-order chi connectivity index (χ1) is 6.31. The van der Waals surface area contributed by atoms with Crippen LogP contribution in [0.5, 0.6) is 0 Å². The first-order valence-corrected chi connectivity index (χ1v) is 4.80. The molecule has 0 saturated heterocycles. The minimum absolute atomic E-state index is 1.06. The number of allylic oxidation sites excluding steroid dienone is 3. The number of nitrogens with one attached hydrogen (secondary N) is 1. The van der Waals surface area contributed by atoms with Crippen molar-refractivity contribution in [1.29, 1.82) is 0 Å². The Kier molecular flexibility index (Phi) is 2.13. The Bertz CT molecular complexity index is 291. The van der Waals surface area contributed by atoms with E-state index < -0.39 is 0 Å². The average Bonchev–Trinajstić information content (AvgIpc) is 2.90. The van der Waals surface area contributed by atoms with Gasteiger partial charge in [0, 0.05) is 26.0 Å². The van der Waals surface area contributed by atoms with Crippen molar-refractivity contribution in [3.8, 4) is 0 Å². The standard InChI is InChI=1S/C11H16N2/c1-12-11(9-5-6-9)10-4-3-7-13(2)8-10/h3,7-8,12H,4-6H2,1-2H3. The van der Waals surface area contributed by atoms with Gasteiger partial charge in [-0.25, -0.2) is 0 Å². The van der Waals surface area contributed by atoms with Gasteiger partial charge in [0.25, 0.3) is 0 Å². The van der Waals surface area contributed by atoms with Gasteiger partial charge in [0.2, 0.25) is 0 Å². The van der Waals surface area contributed by atoms with Crippen molar-refractivity contribution in [2.75, 3.05) is 14.1 Å². The number of hydrogen-bond acceptors (Lipinski definition) is 2. The third kappa shape index (κ3) is 1.77. The summed E-state index contributed by atoms with van der Waals surface area (Å²) in [4.78, 5) is 2.11. The summed E-state index contributed by atoms with van der Waals surface area (Å²) in [6, 6.07) is 0. The summed E-state index contributed by atoms with van der Waals surface area (Å²) in [5.41, 5.74) is 4.37. The highest BCUT2D eigenvalue weighted by Gasteiger charge is 2.19. The third-order valence-corrected chi connectivity index (χ3v) is 2.46. The largest absolute Gasteiger partial charge is 0.388 e. The van der Waals surface area contributed by atoms with Crippen LogP contribution in [0.1, 0.15) is 19.3 Å². The van der Waals surface area contributed by atoms with Crippen LogP contribution in [0.2, 0.25) is 0 Å². The Morgan fingerprint density at radius 3 is 2.77 bits per heavy atom. The van der Waals surface area contributed by atoms with Gasteiger partial charge >= 0.3 is 0 Å². The molecule has 1 aliphatic carbocycles. The molecule has 1 heterocycles. The molecular formula is C11H16N2. The van der Waals surface area contributed by atoms with Crippen molar-refractivity contribution in [1.82, 2.24) is 10.2 Å². The van der Waals surface area contributed by atoms with Gasteiger partial charge in [0.05, 0.1) is 0 Å². The maximum Gasteiger partial charge on any atom is 0.0380 e. The molecule has 2 aliphatic rings. The lowest BCUT2D eigenvalue weighted by Gasteiger charge is -2.18. The van der Waals surface area contributed by atoms with Crippen LogP contribution < -0.4 is 5.32 Å². The fourth-order valence-electron chi connectivity index (χ4n) is 1.73. The molecule has 0 amide bonds. The SMILES string of the molecule is CNC(C1=CN(C)C=CC1)=C1CC1. The van der Waals surface area contributed by atoms with Crippen molar-refractivity contribution in [3.05, 3.63) is 35.3 Å². The Morgan fingerprint density at radius 2 is 2.23 bits per heavy atom. The zero-order valence-corrected chi connectivity index (χ0v) is 8.30. The molecule has 0 unspecified atom stereocenters. The van der Waals surface area contributed by atoms with Crippen LogP contribution in [-0.4, -0.2) is 19.0 Å². The van der Waals surface area contributed by atoms with Crippen LogP contribution in [0.15, 0.2) is 35.3 Å². The number of nitrogens with zero attached hydrogens (tertiary/aromatic N) is 1. The van der Waals surface area contributed by atoms with Gasteiger partial charge in [-0.2, -0.15) is 0 Å². The molecule has 13 heavy (non-hydrogen) atoms. The van der Waals surface area contributed by atoms with Crippen molar-refractivity contribution < 1.29 is 0 Å². The maximum atomic E-state index is 3.31. The Labute approximate surface area is 79.6 Å². The van der Waals surface area contributed by atoms with E-state index in [4.69, 9.17) is 0 Å². The number of likely N-dealkylation sites (N-methyl/N-ethyl adjacent to an activating group) is 1. The fraction of sp³-hybridized carbons (Fsp3) is 0.455. The molecule has 2 rings (SSSR count). The first-order valence-electron chi connectivity index (χ1n) is 4.80. The summed E-state index contributed by atoms with van der Waals surface area (Å²) >= 11 is 0. The summed E-state index contributed by atoms with van der Waals surface area (Å²) in [5.74, 6) is 0. The van der Waals surface area contributed by atoms with E-state index in [2.05, 4.69) is 35.7 Å². The average molecular weight is 176 g/mol. The Hall–Kier alpha value is -1.18. The second-order valence-electron chi connectivity index (χ2n) is 3.64. The molecule has 1 saturated carbocycles. The smallest absolute Gasteiger partial charge is 0.0380 e. The number of rotatable bonds is 2. The molecule has 1 fully saturated rings. The van der Waals surface area contributed by atoms with Gasteiger partial charge in [0.15, 0.2) is 0 Å². The van der Waals surface area contributed by atoms with Crippen LogP contribution in [-0.2, 0) is 0 Å². The molecule has 70 valence electrons. The lowest BCUT2D eigenvalue weighted by atomic mass is 10.1. The van der Waals surface area contributed by atoms with Gasteiger partial charge in [-0.05, 0) is 36.6 Å². The third-order valence-electron chi connectivity index (χ3n) is 2.46. The fourth-order valence-corrected chi connectivity index (χ4v) is 1.73. The topological polar surface area (TPSA) is 15.3 Å². The van der Waals surface area contributed by atoms with E-state index in [0.717, 1.165) is 6.42 Å². The minimum Gasteiger partial charge on any atom is -0.388 e. The van der Waals surface area contributed by atoms with Crippen LogP contribution in [0, 0.1) is 0 Å². The Morgan fingerprint density at radius 1 is 1.46 bits per heavy atom. The van der Waals surface area contributed by atoms with Gasteiger partial charge in [0.1, 0.15) is 0 Å². The first kappa shape index (κ1) is 8.42. The highest BCUT2D eigenvalue weighted by Crippen LogP contribution is 2.34. The zero-order chi connectivity index (χ0) is 9.26. The summed E-state index contributed by atoms with van der Waals surface area (Å²) in [5, 5.41) is 3.31. The van der Waals surface area contributed by atoms with Crippen LogP contribution in [0.3, 0.4) is 0 Å². The molecule has 0 aromatic rings. The Balaban J connectivity index is 2.20. The predicted octanol–water partition coefficient (Wildman–Crippen LogP) is 1.99. The van der Waals surface area contributed by atoms with E-state index in [-0.39, 0.29) is 0 Å². The molecule has 0 bridgehead atoms. The molecule has 0 spiro atoms. The zero-order valence-electron chi connectivity index (χ0n) is 8.30. The lowest BCUT2D eigenvalue weighted by molar-refractivity contribution is 0.602. The van der Waals surface area contributed by atoms with Crippen LogP contribution in [0.4, 0.5) is 0 Å². The van der Waals surface area contributed by atoms with Crippen molar-refractivity contribution >= 4 is 0 Å². The van der Waals surface area contributed by atoms with Crippen LogP contribution in [0.25, 0.3) is 0 Å². The molecule has 0 aromatic carbocycles. The highest BCUT2D eigenvalue weighted by molar-refractivity contribution is 5.41. The minimum atomic E-state index is 1.06. The van der Waals surface area contributed by atoms with E-state index in [0.29, 0.717) is 0 Å². The summed E-state index contributed by atoms with van der Waals surface area (Å²) in [7, 11) is 4.08. The van der Waals surface area contributed by atoms with Crippen LogP contribution >= 0.6 is 0 Å². The lowest BCUT2D eigenvalue weighted by Crippen LogP contribution is -2.14. The highest BCUT2D eigenvalue weighted by atomic mass is 15.1. The summed E-state index contributed by atoms with van der Waals surface area (Å²) < 4.78 is 0. The summed E-state index contributed by atoms with van der Waals surface area (Å²) in [6.45, 7) is 0. The van der Waals surface area contributed by atoms with E-state index in [1.165, 1.54) is 24.1 Å². The van der Waals surface area contributed by atoms with Crippen molar-refractivity contribution in [2.45, 2.75) is 19.3 Å². The van der Waals surface area contributed by atoms with Gasteiger partial charge < -0.3 is 10.2 Å². The van der Waals surface area contributed by atoms with Crippen molar-refractivity contribution in [3.63, 3.8) is 0 Å². The molecule has 0 atom stereocenters. The number of hydrogen-bond donors (Lipinski definition) is 1.